The number of fused-ring (bicyclic) bond motifs is 1. The van der Waals surface area contributed by atoms with Crippen LogP contribution in [0.3, 0.4) is 0 Å². The first-order valence-electron chi connectivity index (χ1n) is 12.4. The fourth-order valence-corrected chi connectivity index (χ4v) is 5.18. The zero-order valence-electron chi connectivity index (χ0n) is 21.0. The second-order valence-corrected chi connectivity index (χ2v) is 9.70. The van der Waals surface area contributed by atoms with Crippen LogP contribution in [0.1, 0.15) is 34.5 Å². The summed E-state index contributed by atoms with van der Waals surface area (Å²) in [5.74, 6) is -0.276. The molecule has 3 aromatic rings. The number of nitrogens with one attached hydrogen (secondary N) is 2. The van der Waals surface area contributed by atoms with Crippen LogP contribution in [0.15, 0.2) is 42.5 Å². The summed E-state index contributed by atoms with van der Waals surface area (Å²) in [5.41, 5.74) is 7.88. The lowest BCUT2D eigenvalue weighted by molar-refractivity contribution is -0.132. The van der Waals surface area contributed by atoms with Gasteiger partial charge in [0.2, 0.25) is 5.91 Å². The van der Waals surface area contributed by atoms with Crippen molar-refractivity contribution in [2.45, 2.75) is 26.7 Å². The Labute approximate surface area is 210 Å². The minimum atomic E-state index is -0.299. The standard InChI is InChI=1S/C29H31FN4O2/c1-18-22(11-12-27(35)34-15-13-33(3)14-16-34)19(2)31-26(18)17-24-28-23(20-7-9-21(30)10-8-20)5-4-6-25(28)32-29(24)36/h4-10,17,31H,11-16H2,1-3H3,(H,32,36)/b24-17-. The summed E-state index contributed by atoms with van der Waals surface area (Å²) in [4.78, 5) is 33.4. The van der Waals surface area contributed by atoms with Gasteiger partial charge in [0.15, 0.2) is 0 Å². The lowest BCUT2D eigenvalue weighted by Gasteiger charge is -2.32. The van der Waals surface area contributed by atoms with Gasteiger partial charge in [-0.1, -0.05) is 24.3 Å². The van der Waals surface area contributed by atoms with Crippen LogP contribution in [0.5, 0.6) is 0 Å². The molecule has 2 aromatic carbocycles. The first-order valence-corrected chi connectivity index (χ1v) is 12.4. The zero-order chi connectivity index (χ0) is 25.4. The summed E-state index contributed by atoms with van der Waals surface area (Å²) in [6.45, 7) is 7.43. The van der Waals surface area contributed by atoms with Gasteiger partial charge >= 0.3 is 0 Å². The smallest absolute Gasteiger partial charge is 0.256 e. The molecule has 3 heterocycles. The molecule has 0 unspecified atom stereocenters. The predicted octanol–water partition coefficient (Wildman–Crippen LogP) is 4.64. The Morgan fingerprint density at radius 3 is 2.50 bits per heavy atom. The molecule has 1 aromatic heterocycles. The van der Waals surface area contributed by atoms with E-state index in [1.54, 1.807) is 12.1 Å². The van der Waals surface area contributed by atoms with E-state index in [1.807, 2.05) is 43.0 Å². The number of hydrogen-bond donors (Lipinski definition) is 2. The lowest BCUT2D eigenvalue weighted by Crippen LogP contribution is -2.47. The second-order valence-electron chi connectivity index (χ2n) is 9.70. The Bertz CT molecular complexity index is 1350. The molecule has 6 nitrogen and oxygen atoms in total. The number of carbonyl (C=O) groups excluding carboxylic acids is 2. The van der Waals surface area contributed by atoms with E-state index in [0.29, 0.717) is 18.4 Å². The number of aromatic nitrogens is 1. The van der Waals surface area contributed by atoms with Crippen molar-refractivity contribution in [1.82, 2.24) is 14.8 Å². The monoisotopic (exact) mass is 486 g/mol. The highest BCUT2D eigenvalue weighted by Crippen LogP contribution is 2.40. The van der Waals surface area contributed by atoms with E-state index in [-0.39, 0.29) is 17.6 Å². The maximum atomic E-state index is 13.5. The SMILES string of the molecule is Cc1[nH]c(/C=C2\C(=O)Nc3cccc(-c4ccc(F)cc4)c32)c(C)c1CCC(=O)N1CCN(C)CC1. The summed E-state index contributed by atoms with van der Waals surface area (Å²) < 4.78 is 13.5. The van der Waals surface area contributed by atoms with Crippen molar-refractivity contribution >= 4 is 29.2 Å². The van der Waals surface area contributed by atoms with Crippen LogP contribution in [-0.4, -0.2) is 59.8 Å². The van der Waals surface area contributed by atoms with Crippen molar-refractivity contribution < 1.29 is 14.0 Å². The van der Waals surface area contributed by atoms with Gasteiger partial charge in [0, 0.05) is 55.2 Å². The number of piperazine rings is 1. The molecular formula is C29H31FN4O2. The van der Waals surface area contributed by atoms with Crippen LogP contribution < -0.4 is 5.32 Å². The Morgan fingerprint density at radius 1 is 1.06 bits per heavy atom. The molecule has 0 saturated carbocycles. The molecule has 1 fully saturated rings. The summed E-state index contributed by atoms with van der Waals surface area (Å²) in [5, 5.41) is 2.96. The minimum absolute atomic E-state index is 0.169. The molecule has 5 rings (SSSR count). The van der Waals surface area contributed by atoms with Crippen LogP contribution in [-0.2, 0) is 16.0 Å². The summed E-state index contributed by atoms with van der Waals surface area (Å²) in [6, 6.07) is 12.0. The summed E-state index contributed by atoms with van der Waals surface area (Å²) in [6.07, 6.45) is 3.02. The van der Waals surface area contributed by atoms with Gasteiger partial charge in [0.1, 0.15) is 5.82 Å². The second kappa shape index (κ2) is 9.74. The van der Waals surface area contributed by atoms with Gasteiger partial charge < -0.3 is 20.1 Å². The van der Waals surface area contributed by atoms with E-state index in [2.05, 4.69) is 22.2 Å². The Hall–Kier alpha value is -3.71. The van der Waals surface area contributed by atoms with E-state index < -0.39 is 0 Å². The normalized spacial score (nSPS) is 16.9. The Morgan fingerprint density at radius 2 is 1.78 bits per heavy atom. The quantitative estimate of drug-likeness (QED) is 0.517. The van der Waals surface area contributed by atoms with Gasteiger partial charge in [-0.3, -0.25) is 9.59 Å². The highest BCUT2D eigenvalue weighted by Gasteiger charge is 2.28. The van der Waals surface area contributed by atoms with Gasteiger partial charge in [0.25, 0.3) is 5.91 Å². The first-order chi connectivity index (χ1) is 17.3. The number of nitrogens with zero attached hydrogens (tertiary/aromatic N) is 2. The molecule has 2 aliphatic heterocycles. The fraction of sp³-hybridized carbons (Fsp3) is 0.310. The topological polar surface area (TPSA) is 68.4 Å². The largest absolute Gasteiger partial charge is 0.359 e. The predicted molar refractivity (Wildman–Crippen MR) is 141 cm³/mol. The first kappa shape index (κ1) is 24.0. The van der Waals surface area contributed by atoms with Crippen molar-refractivity contribution in [1.29, 1.82) is 0 Å². The molecule has 36 heavy (non-hydrogen) atoms. The molecule has 0 radical (unpaired) electrons. The lowest BCUT2D eigenvalue weighted by atomic mass is 9.94. The van der Waals surface area contributed by atoms with Crippen molar-refractivity contribution in [3.8, 4) is 11.1 Å². The molecular weight excluding hydrogens is 455 g/mol. The van der Waals surface area contributed by atoms with Crippen molar-refractivity contribution in [2.24, 2.45) is 0 Å². The number of hydrogen-bond acceptors (Lipinski definition) is 3. The number of carbonyl (C=O) groups is 2. The third kappa shape index (κ3) is 4.58. The number of rotatable bonds is 5. The Balaban J connectivity index is 1.42. The Kier molecular flexibility index (Phi) is 6.49. The van der Waals surface area contributed by atoms with Crippen LogP contribution >= 0.6 is 0 Å². The number of aromatic amines is 1. The number of likely N-dealkylation sites (N-methyl/N-ethyl adjacent to an activating group) is 1. The molecule has 2 N–H and O–H groups in total. The van der Waals surface area contributed by atoms with Crippen LogP contribution in [0.4, 0.5) is 10.1 Å². The van der Waals surface area contributed by atoms with E-state index in [4.69, 9.17) is 0 Å². The maximum Gasteiger partial charge on any atom is 0.256 e. The molecule has 0 spiro atoms. The van der Waals surface area contributed by atoms with Gasteiger partial charge in [-0.15, -0.1) is 0 Å². The van der Waals surface area contributed by atoms with Crippen molar-refractivity contribution in [2.75, 3.05) is 38.5 Å². The molecule has 0 atom stereocenters. The fourth-order valence-electron chi connectivity index (χ4n) is 5.18. The number of amides is 2. The molecule has 0 aliphatic carbocycles. The third-order valence-electron chi connectivity index (χ3n) is 7.35. The van der Waals surface area contributed by atoms with Gasteiger partial charge in [0.05, 0.1) is 5.57 Å². The molecule has 1 saturated heterocycles. The van der Waals surface area contributed by atoms with Crippen LogP contribution in [0, 0.1) is 19.7 Å². The number of H-pyrrole nitrogens is 1. The number of halogens is 1. The van der Waals surface area contributed by atoms with Gasteiger partial charge in [-0.05, 0) is 73.8 Å². The molecule has 186 valence electrons. The number of anilines is 1. The van der Waals surface area contributed by atoms with E-state index >= 15 is 0 Å². The van der Waals surface area contributed by atoms with Crippen LogP contribution in [0.2, 0.25) is 0 Å². The highest BCUT2D eigenvalue weighted by molar-refractivity contribution is 6.36. The highest BCUT2D eigenvalue weighted by atomic mass is 19.1. The molecule has 2 amide bonds. The molecule has 7 heteroatoms. The van der Waals surface area contributed by atoms with E-state index in [9.17, 15) is 14.0 Å². The van der Waals surface area contributed by atoms with E-state index in [1.165, 1.54) is 12.1 Å². The zero-order valence-corrected chi connectivity index (χ0v) is 21.0. The van der Waals surface area contributed by atoms with E-state index in [0.717, 1.165) is 71.1 Å². The minimum Gasteiger partial charge on any atom is -0.359 e. The molecule has 2 aliphatic rings. The number of benzene rings is 2. The summed E-state index contributed by atoms with van der Waals surface area (Å²) >= 11 is 0. The van der Waals surface area contributed by atoms with Gasteiger partial charge in [-0.25, -0.2) is 4.39 Å². The van der Waals surface area contributed by atoms with Crippen molar-refractivity contribution in [3.63, 3.8) is 0 Å². The average molecular weight is 487 g/mol. The molecule has 0 bridgehead atoms. The van der Waals surface area contributed by atoms with Crippen molar-refractivity contribution in [3.05, 3.63) is 76.4 Å². The van der Waals surface area contributed by atoms with Gasteiger partial charge in [-0.2, -0.15) is 0 Å². The third-order valence-corrected chi connectivity index (χ3v) is 7.35. The average Bonchev–Trinajstić information content (AvgIpc) is 3.33. The van der Waals surface area contributed by atoms with Crippen LogP contribution in [0.25, 0.3) is 22.8 Å². The number of aryl methyl sites for hydroxylation is 1. The maximum absolute atomic E-state index is 13.5. The summed E-state index contributed by atoms with van der Waals surface area (Å²) in [7, 11) is 2.08.